The summed E-state index contributed by atoms with van der Waals surface area (Å²) in [6.07, 6.45) is 4.24. The Kier molecular flexibility index (Phi) is 5.17. The van der Waals surface area contributed by atoms with Crippen molar-refractivity contribution in [3.8, 4) is 6.07 Å². The molecule has 1 heterocycles. The number of nitriles is 1. The largest absolute Gasteiger partial charge is 0.352 e. The van der Waals surface area contributed by atoms with Gasteiger partial charge in [0.05, 0.1) is 11.6 Å². The Labute approximate surface area is 158 Å². The molecule has 1 saturated carbocycles. The topological polar surface area (TPSA) is 102 Å². The third-order valence-corrected chi connectivity index (χ3v) is 5.60. The molecule has 2 fully saturated rings. The first-order valence-electron chi connectivity index (χ1n) is 9.29. The highest BCUT2D eigenvalue weighted by molar-refractivity contribution is 6.09. The predicted molar refractivity (Wildman–Crippen MR) is 98.3 cm³/mol. The Morgan fingerprint density at radius 3 is 2.81 bits per heavy atom. The minimum Gasteiger partial charge on any atom is -0.352 e. The zero-order valence-electron chi connectivity index (χ0n) is 15.6. The van der Waals surface area contributed by atoms with Crippen molar-refractivity contribution in [3.05, 3.63) is 35.4 Å². The molecular formula is C20H24N4O3. The summed E-state index contributed by atoms with van der Waals surface area (Å²) in [6.45, 7) is 3.39. The lowest BCUT2D eigenvalue weighted by molar-refractivity contribution is -0.135. The summed E-state index contributed by atoms with van der Waals surface area (Å²) in [5, 5.41) is 14.7. The van der Waals surface area contributed by atoms with Crippen LogP contribution in [0.5, 0.6) is 0 Å². The first-order chi connectivity index (χ1) is 12.8. The van der Waals surface area contributed by atoms with E-state index >= 15 is 0 Å². The summed E-state index contributed by atoms with van der Waals surface area (Å²) in [7, 11) is 0. The van der Waals surface area contributed by atoms with Crippen LogP contribution in [0.3, 0.4) is 0 Å². The van der Waals surface area contributed by atoms with E-state index in [1.807, 2.05) is 6.07 Å². The molecule has 0 spiro atoms. The number of carbonyl (C=O) groups is 3. The fraction of sp³-hybridized carbons (Fsp3) is 0.500. The van der Waals surface area contributed by atoms with Gasteiger partial charge in [-0.1, -0.05) is 31.9 Å². The maximum atomic E-state index is 12.9. The molecule has 1 aromatic carbocycles. The highest BCUT2D eigenvalue weighted by Gasteiger charge is 2.49. The lowest BCUT2D eigenvalue weighted by atomic mass is 9.86. The summed E-state index contributed by atoms with van der Waals surface area (Å²) < 4.78 is 0. The van der Waals surface area contributed by atoms with Crippen LogP contribution in [0, 0.1) is 17.2 Å². The van der Waals surface area contributed by atoms with Crippen LogP contribution in [0.15, 0.2) is 24.3 Å². The fourth-order valence-electron chi connectivity index (χ4n) is 3.86. The molecule has 2 N–H and O–H groups in total. The van der Waals surface area contributed by atoms with E-state index in [-0.39, 0.29) is 18.5 Å². The summed E-state index contributed by atoms with van der Waals surface area (Å²) >= 11 is 0. The van der Waals surface area contributed by atoms with Crippen LogP contribution in [-0.2, 0) is 15.1 Å². The normalized spacial score (nSPS) is 27.8. The zero-order valence-corrected chi connectivity index (χ0v) is 15.6. The molecule has 142 valence electrons. The average molecular weight is 368 g/mol. The molecule has 7 heteroatoms. The van der Waals surface area contributed by atoms with E-state index in [0.717, 1.165) is 24.2 Å². The number of urea groups is 1. The lowest BCUT2D eigenvalue weighted by Gasteiger charge is -2.30. The van der Waals surface area contributed by atoms with Crippen molar-refractivity contribution in [2.45, 2.75) is 51.1 Å². The van der Waals surface area contributed by atoms with E-state index in [1.54, 1.807) is 31.2 Å². The number of nitrogens with one attached hydrogen (secondary N) is 2. The van der Waals surface area contributed by atoms with Crippen molar-refractivity contribution >= 4 is 17.8 Å². The van der Waals surface area contributed by atoms with Crippen molar-refractivity contribution < 1.29 is 14.4 Å². The molecule has 4 amide bonds. The van der Waals surface area contributed by atoms with E-state index in [1.165, 1.54) is 6.42 Å². The highest BCUT2D eigenvalue weighted by Crippen LogP contribution is 2.29. The number of hydrogen-bond acceptors (Lipinski definition) is 4. The van der Waals surface area contributed by atoms with E-state index in [4.69, 9.17) is 5.26 Å². The van der Waals surface area contributed by atoms with Crippen LogP contribution in [0.2, 0.25) is 0 Å². The molecule has 1 aliphatic heterocycles. The molecule has 0 unspecified atom stereocenters. The van der Waals surface area contributed by atoms with Crippen molar-refractivity contribution in [3.63, 3.8) is 0 Å². The van der Waals surface area contributed by atoms with Gasteiger partial charge in [-0.2, -0.15) is 5.26 Å². The van der Waals surface area contributed by atoms with Gasteiger partial charge in [0.15, 0.2) is 0 Å². The fourth-order valence-corrected chi connectivity index (χ4v) is 3.86. The monoisotopic (exact) mass is 368 g/mol. The second-order valence-electron chi connectivity index (χ2n) is 7.57. The molecular weight excluding hydrogens is 344 g/mol. The Bertz CT molecular complexity index is 816. The molecule has 0 radical (unpaired) electrons. The number of imide groups is 1. The Morgan fingerprint density at radius 2 is 2.11 bits per heavy atom. The molecule has 1 saturated heterocycles. The van der Waals surface area contributed by atoms with E-state index < -0.39 is 17.5 Å². The summed E-state index contributed by atoms with van der Waals surface area (Å²) in [5.74, 6) is -0.425. The van der Waals surface area contributed by atoms with Crippen LogP contribution in [-0.4, -0.2) is 35.3 Å². The number of benzene rings is 1. The quantitative estimate of drug-likeness (QED) is 0.794. The molecule has 7 nitrogen and oxygen atoms in total. The van der Waals surface area contributed by atoms with Crippen LogP contribution in [0.4, 0.5) is 4.79 Å². The molecule has 27 heavy (non-hydrogen) atoms. The van der Waals surface area contributed by atoms with Crippen molar-refractivity contribution in [1.29, 1.82) is 5.26 Å². The molecule has 1 aromatic rings. The molecule has 0 bridgehead atoms. The first kappa shape index (κ1) is 18.9. The predicted octanol–water partition coefficient (Wildman–Crippen LogP) is 2.02. The summed E-state index contributed by atoms with van der Waals surface area (Å²) in [4.78, 5) is 38.6. The van der Waals surface area contributed by atoms with E-state index in [0.29, 0.717) is 17.0 Å². The maximum Gasteiger partial charge on any atom is 0.325 e. The van der Waals surface area contributed by atoms with Gasteiger partial charge < -0.3 is 10.6 Å². The molecule has 0 aromatic heterocycles. The van der Waals surface area contributed by atoms with Gasteiger partial charge in [0.2, 0.25) is 5.91 Å². The van der Waals surface area contributed by atoms with Gasteiger partial charge in [0, 0.05) is 6.04 Å². The smallest absolute Gasteiger partial charge is 0.325 e. The van der Waals surface area contributed by atoms with Gasteiger partial charge in [-0.15, -0.1) is 0 Å². The summed E-state index contributed by atoms with van der Waals surface area (Å²) in [6, 6.07) is 8.07. The SMILES string of the molecule is C[C@@H]1CCCC[C@H]1NC(=O)CN1C(=O)N[C@@](C)(c2cccc(C#N)c2)C1=O. The molecule has 1 aliphatic carbocycles. The van der Waals surface area contributed by atoms with Gasteiger partial charge in [0.1, 0.15) is 12.1 Å². The van der Waals surface area contributed by atoms with Gasteiger partial charge in [-0.05, 0) is 43.4 Å². The third-order valence-electron chi connectivity index (χ3n) is 5.60. The maximum absolute atomic E-state index is 12.9. The minimum atomic E-state index is -1.29. The number of amides is 4. The van der Waals surface area contributed by atoms with Crippen molar-refractivity contribution in [2.75, 3.05) is 6.54 Å². The van der Waals surface area contributed by atoms with Crippen molar-refractivity contribution in [1.82, 2.24) is 15.5 Å². The molecule has 2 aliphatic rings. The Morgan fingerprint density at radius 1 is 1.37 bits per heavy atom. The van der Waals surface area contributed by atoms with Crippen LogP contribution < -0.4 is 10.6 Å². The standard InChI is InChI=1S/C20H24N4O3/c1-13-6-3-4-9-16(13)22-17(25)12-24-18(26)20(2,23-19(24)27)15-8-5-7-14(10-15)11-21/h5,7-8,10,13,16H,3-4,6,9,12H2,1-2H3,(H,22,25)(H,23,27)/t13-,16-,20+/m1/s1. The van der Waals surface area contributed by atoms with E-state index in [9.17, 15) is 14.4 Å². The zero-order chi connectivity index (χ0) is 19.6. The first-order valence-corrected chi connectivity index (χ1v) is 9.29. The molecule has 3 atom stereocenters. The Balaban J connectivity index is 1.72. The number of carbonyl (C=O) groups excluding carboxylic acids is 3. The van der Waals surface area contributed by atoms with Gasteiger partial charge in [0.25, 0.3) is 5.91 Å². The van der Waals surface area contributed by atoms with Gasteiger partial charge in [-0.3, -0.25) is 14.5 Å². The van der Waals surface area contributed by atoms with Gasteiger partial charge >= 0.3 is 6.03 Å². The number of hydrogen-bond donors (Lipinski definition) is 2. The Hall–Kier alpha value is -2.88. The average Bonchev–Trinajstić information content (AvgIpc) is 2.88. The number of rotatable bonds is 4. The third kappa shape index (κ3) is 3.65. The van der Waals surface area contributed by atoms with Crippen LogP contribution >= 0.6 is 0 Å². The van der Waals surface area contributed by atoms with Crippen molar-refractivity contribution in [2.24, 2.45) is 5.92 Å². The highest BCUT2D eigenvalue weighted by atomic mass is 16.2. The van der Waals surface area contributed by atoms with Gasteiger partial charge in [-0.25, -0.2) is 4.79 Å². The van der Waals surface area contributed by atoms with Crippen LogP contribution in [0.25, 0.3) is 0 Å². The minimum absolute atomic E-state index is 0.0886. The second kappa shape index (κ2) is 7.39. The number of nitrogens with zero attached hydrogens (tertiary/aromatic N) is 2. The summed E-state index contributed by atoms with van der Waals surface area (Å²) in [5.41, 5.74) is -0.371. The van der Waals surface area contributed by atoms with Crippen LogP contribution in [0.1, 0.15) is 50.7 Å². The van der Waals surface area contributed by atoms with E-state index in [2.05, 4.69) is 17.6 Å². The molecule has 3 rings (SSSR count). The lowest BCUT2D eigenvalue weighted by Crippen LogP contribution is -2.47. The second-order valence-corrected chi connectivity index (χ2v) is 7.57.